The Hall–Kier alpha value is -1.34. The highest BCUT2D eigenvalue weighted by Gasteiger charge is 2.23. The monoisotopic (exact) mass is 623 g/mol. The van der Waals surface area contributed by atoms with Crippen LogP contribution in [0.15, 0.2) is 35.3 Å². The van der Waals surface area contributed by atoms with Crippen molar-refractivity contribution in [3.8, 4) is 5.75 Å². The van der Waals surface area contributed by atoms with Gasteiger partial charge in [-0.1, -0.05) is 0 Å². The number of carbonyl (C=O) groups is 1. The lowest BCUT2D eigenvalue weighted by atomic mass is 10.2. The topological polar surface area (TPSA) is 75.0 Å². The molecule has 1 N–H and O–H groups in total. The van der Waals surface area contributed by atoms with Crippen LogP contribution in [0.5, 0.6) is 5.75 Å². The smallest absolute Gasteiger partial charge is 0.409 e. The second-order valence-corrected chi connectivity index (χ2v) is 9.23. The van der Waals surface area contributed by atoms with E-state index in [1.165, 1.54) is 4.57 Å². The Labute approximate surface area is 196 Å². The van der Waals surface area contributed by atoms with Gasteiger partial charge in [0.2, 0.25) is 0 Å². The van der Waals surface area contributed by atoms with Gasteiger partial charge in [0.1, 0.15) is 0 Å². The van der Waals surface area contributed by atoms with Crippen LogP contribution < -0.4 is 5.56 Å². The van der Waals surface area contributed by atoms with Gasteiger partial charge in [0, 0.05) is 51.6 Å². The van der Waals surface area contributed by atoms with Crippen molar-refractivity contribution in [1.29, 1.82) is 0 Å². The molecule has 1 aliphatic heterocycles. The summed E-state index contributed by atoms with van der Waals surface area (Å²) in [6.07, 6.45) is 1.45. The number of nitrogens with zero attached hydrogens (tertiary/aromatic N) is 3. The Balaban J connectivity index is 1.67. The zero-order valence-electron chi connectivity index (χ0n) is 16.1. The van der Waals surface area contributed by atoms with Crippen molar-refractivity contribution in [2.75, 3.05) is 32.8 Å². The molecule has 1 aromatic heterocycles. The third kappa shape index (κ3) is 5.63. The zero-order chi connectivity index (χ0) is 21.0. The Morgan fingerprint density at radius 1 is 1.10 bits per heavy atom. The van der Waals surface area contributed by atoms with E-state index >= 15 is 0 Å². The van der Waals surface area contributed by atoms with Gasteiger partial charge in [-0.15, -0.1) is 0 Å². The molecule has 1 amide bonds. The van der Waals surface area contributed by atoms with Crippen molar-refractivity contribution in [2.24, 2.45) is 0 Å². The summed E-state index contributed by atoms with van der Waals surface area (Å²) in [6, 6.07) is 7.89. The summed E-state index contributed by atoms with van der Waals surface area (Å²) in [5, 5.41) is 10.5. The van der Waals surface area contributed by atoms with Crippen molar-refractivity contribution >= 4 is 51.3 Å². The molecule has 1 aromatic carbocycles. The molecule has 1 fully saturated rings. The first kappa shape index (κ1) is 22.3. The van der Waals surface area contributed by atoms with Crippen molar-refractivity contribution < 1.29 is 14.6 Å². The van der Waals surface area contributed by atoms with Crippen LogP contribution in [-0.4, -0.2) is 58.4 Å². The minimum absolute atomic E-state index is 0.207. The van der Waals surface area contributed by atoms with Gasteiger partial charge >= 0.3 is 6.09 Å². The molecule has 0 atom stereocenters. The molecular formula is C20H23I2N3O4. The van der Waals surface area contributed by atoms with Gasteiger partial charge in [-0.25, -0.2) is 4.79 Å². The first-order valence-corrected chi connectivity index (χ1v) is 11.5. The van der Waals surface area contributed by atoms with E-state index in [4.69, 9.17) is 4.74 Å². The molecule has 156 valence electrons. The van der Waals surface area contributed by atoms with Crippen molar-refractivity contribution in [3.05, 3.63) is 59.1 Å². The predicted molar refractivity (Wildman–Crippen MR) is 127 cm³/mol. The second-order valence-electron chi connectivity index (χ2n) is 6.82. The molecule has 2 heterocycles. The lowest BCUT2D eigenvalue weighted by Gasteiger charge is -2.34. The standard InChI is InChI=1S/C20H23I2N3O4/c1-2-29-20(28)24-9-7-23(8-10-24)12-14-5-6-25(19(27)18(14)26)13-15-11-16(21)3-4-17(15)22/h3-6,11,26H,2,7-10,12-13H2,1H3. The molecule has 3 rings (SSSR count). The number of ether oxygens (including phenoxy) is 1. The van der Waals surface area contributed by atoms with E-state index in [1.807, 2.05) is 18.2 Å². The minimum atomic E-state index is -0.387. The molecule has 0 radical (unpaired) electrons. The number of piperazine rings is 1. The molecule has 0 saturated carbocycles. The fraction of sp³-hybridized carbons (Fsp3) is 0.400. The van der Waals surface area contributed by atoms with E-state index in [-0.39, 0.29) is 17.4 Å². The van der Waals surface area contributed by atoms with Gasteiger partial charge in [-0.2, -0.15) is 0 Å². The Morgan fingerprint density at radius 3 is 2.52 bits per heavy atom. The number of amides is 1. The van der Waals surface area contributed by atoms with Crippen LogP contribution in [0.4, 0.5) is 4.79 Å². The third-order valence-electron chi connectivity index (χ3n) is 4.86. The molecule has 0 bridgehead atoms. The van der Waals surface area contributed by atoms with Crippen LogP contribution in [0.25, 0.3) is 0 Å². The van der Waals surface area contributed by atoms with Crippen molar-refractivity contribution in [3.63, 3.8) is 0 Å². The van der Waals surface area contributed by atoms with E-state index < -0.39 is 0 Å². The highest BCUT2D eigenvalue weighted by Crippen LogP contribution is 2.19. The maximum atomic E-state index is 12.7. The number of halogens is 2. The fourth-order valence-electron chi connectivity index (χ4n) is 3.24. The summed E-state index contributed by atoms with van der Waals surface area (Å²) in [5.41, 5.74) is 1.26. The number of benzene rings is 1. The molecule has 0 unspecified atom stereocenters. The summed E-state index contributed by atoms with van der Waals surface area (Å²) in [5.74, 6) is -0.207. The molecule has 1 aliphatic rings. The van der Waals surface area contributed by atoms with Gasteiger partial charge in [0.25, 0.3) is 5.56 Å². The summed E-state index contributed by atoms with van der Waals surface area (Å²) in [7, 11) is 0. The number of hydrogen-bond acceptors (Lipinski definition) is 5. The maximum Gasteiger partial charge on any atom is 0.409 e. The fourth-order valence-corrected chi connectivity index (χ4v) is 4.31. The van der Waals surface area contributed by atoms with Gasteiger partial charge in [-0.3, -0.25) is 9.69 Å². The van der Waals surface area contributed by atoms with Crippen LogP contribution in [-0.2, 0) is 17.8 Å². The lowest BCUT2D eigenvalue weighted by Crippen LogP contribution is -2.48. The summed E-state index contributed by atoms with van der Waals surface area (Å²) in [4.78, 5) is 28.3. The van der Waals surface area contributed by atoms with Crippen molar-refractivity contribution in [2.45, 2.75) is 20.0 Å². The summed E-state index contributed by atoms with van der Waals surface area (Å²) >= 11 is 4.50. The van der Waals surface area contributed by atoms with E-state index in [1.54, 1.807) is 24.1 Å². The molecular weight excluding hydrogens is 600 g/mol. The molecule has 29 heavy (non-hydrogen) atoms. The predicted octanol–water partition coefficient (Wildman–Crippen LogP) is 3.09. The number of hydrogen-bond donors (Lipinski definition) is 1. The quantitative estimate of drug-likeness (QED) is 0.519. The first-order valence-electron chi connectivity index (χ1n) is 9.38. The largest absolute Gasteiger partial charge is 0.503 e. The van der Waals surface area contributed by atoms with Gasteiger partial charge in [-0.05, 0) is 81.9 Å². The minimum Gasteiger partial charge on any atom is -0.503 e. The number of carbonyl (C=O) groups excluding carboxylic acids is 1. The van der Waals surface area contributed by atoms with Crippen LogP contribution in [0.3, 0.4) is 0 Å². The average molecular weight is 623 g/mol. The maximum absolute atomic E-state index is 12.7. The molecule has 0 aliphatic carbocycles. The highest BCUT2D eigenvalue weighted by atomic mass is 127. The number of pyridine rings is 1. The van der Waals surface area contributed by atoms with E-state index in [2.05, 4.69) is 50.1 Å². The van der Waals surface area contributed by atoms with Gasteiger partial charge in [0.05, 0.1) is 13.2 Å². The van der Waals surface area contributed by atoms with Gasteiger partial charge < -0.3 is 19.3 Å². The number of rotatable bonds is 5. The molecule has 7 nitrogen and oxygen atoms in total. The Kier molecular flexibility index (Phi) is 7.79. The molecule has 1 saturated heterocycles. The summed E-state index contributed by atoms with van der Waals surface area (Å²) in [6.45, 7) is 5.52. The zero-order valence-corrected chi connectivity index (χ0v) is 20.4. The van der Waals surface area contributed by atoms with E-state index in [9.17, 15) is 14.7 Å². The van der Waals surface area contributed by atoms with E-state index in [0.717, 1.165) is 12.7 Å². The van der Waals surface area contributed by atoms with Crippen LogP contribution in [0, 0.1) is 7.14 Å². The summed E-state index contributed by atoms with van der Waals surface area (Å²) < 4.78 is 8.75. The first-order chi connectivity index (χ1) is 13.9. The normalized spacial score (nSPS) is 14.8. The Bertz CT molecular complexity index is 940. The van der Waals surface area contributed by atoms with Crippen LogP contribution in [0.2, 0.25) is 0 Å². The van der Waals surface area contributed by atoms with Crippen molar-refractivity contribution in [1.82, 2.24) is 14.4 Å². The molecule has 9 heteroatoms. The van der Waals surface area contributed by atoms with E-state index in [0.29, 0.717) is 51.4 Å². The van der Waals surface area contributed by atoms with Crippen LogP contribution in [0.1, 0.15) is 18.1 Å². The second kappa shape index (κ2) is 10.1. The van der Waals surface area contributed by atoms with Crippen LogP contribution >= 0.6 is 45.2 Å². The third-order valence-corrected chi connectivity index (χ3v) is 6.59. The molecule has 0 spiro atoms. The highest BCUT2D eigenvalue weighted by molar-refractivity contribution is 14.1. The lowest BCUT2D eigenvalue weighted by molar-refractivity contribution is 0.0776. The average Bonchev–Trinajstić information content (AvgIpc) is 2.71. The number of aromatic hydroxyl groups is 1. The van der Waals surface area contributed by atoms with Gasteiger partial charge in [0.15, 0.2) is 5.75 Å². The number of aromatic nitrogens is 1. The molecule has 2 aromatic rings. The SMILES string of the molecule is CCOC(=O)N1CCN(Cc2ccn(Cc3cc(I)ccc3I)c(=O)c2O)CC1. The Morgan fingerprint density at radius 2 is 1.83 bits per heavy atom.